The van der Waals surface area contributed by atoms with Gasteiger partial charge in [0, 0.05) is 10.0 Å². The molecule has 0 atom stereocenters. The lowest BCUT2D eigenvalue weighted by atomic mass is 10.1. The lowest BCUT2D eigenvalue weighted by Gasteiger charge is -1.99. The Kier molecular flexibility index (Phi) is 3.06. The number of nitrogens with zero attached hydrogens (tertiary/aromatic N) is 1. The number of hydrogen-bond acceptors (Lipinski definition) is 3. The van der Waals surface area contributed by atoms with Gasteiger partial charge in [0.1, 0.15) is 11.1 Å². The maximum Gasteiger partial charge on any atom is 0.339 e. The van der Waals surface area contributed by atoms with Crippen molar-refractivity contribution < 1.29 is 14.3 Å². The third-order valence-corrected chi connectivity index (χ3v) is 3.92. The summed E-state index contributed by atoms with van der Waals surface area (Å²) >= 11 is 3.46. The van der Waals surface area contributed by atoms with Crippen LogP contribution in [0.1, 0.15) is 15.9 Å². The molecule has 0 spiro atoms. The monoisotopic (exact) mass is 331 g/mol. The van der Waals surface area contributed by atoms with Gasteiger partial charge < -0.3 is 9.52 Å². The second-order valence-electron chi connectivity index (χ2n) is 4.44. The Morgan fingerprint density at radius 3 is 2.80 bits per heavy atom. The minimum absolute atomic E-state index is 0.118. The average molecular weight is 332 g/mol. The largest absolute Gasteiger partial charge is 0.478 e. The van der Waals surface area contributed by atoms with Crippen LogP contribution in [0.4, 0.5) is 0 Å². The molecule has 0 saturated carbocycles. The molecule has 1 heterocycles. The Morgan fingerprint density at radius 2 is 2.10 bits per heavy atom. The van der Waals surface area contributed by atoms with E-state index in [-0.39, 0.29) is 5.56 Å². The molecule has 0 saturated heterocycles. The Hall–Kier alpha value is -2.14. The van der Waals surface area contributed by atoms with Crippen LogP contribution in [0.25, 0.3) is 22.6 Å². The van der Waals surface area contributed by atoms with Gasteiger partial charge in [0.05, 0.1) is 0 Å². The number of aryl methyl sites for hydroxylation is 1. The molecule has 0 radical (unpaired) electrons. The molecule has 4 nitrogen and oxygen atoms in total. The van der Waals surface area contributed by atoms with E-state index in [2.05, 4.69) is 20.9 Å². The summed E-state index contributed by atoms with van der Waals surface area (Å²) in [5.41, 5.74) is 2.86. The van der Waals surface area contributed by atoms with Crippen LogP contribution in [0.5, 0.6) is 0 Å². The van der Waals surface area contributed by atoms with Gasteiger partial charge in [-0.25, -0.2) is 9.78 Å². The summed E-state index contributed by atoms with van der Waals surface area (Å²) in [5.74, 6) is -0.613. The zero-order valence-corrected chi connectivity index (χ0v) is 12.1. The number of carbonyl (C=O) groups is 1. The van der Waals surface area contributed by atoms with Gasteiger partial charge in [-0.05, 0) is 36.8 Å². The number of aromatic carboxylic acids is 1. The van der Waals surface area contributed by atoms with Crippen molar-refractivity contribution >= 4 is 33.0 Å². The SMILES string of the molecule is Cc1ccc(-c2nc3cccc(C(=O)O)c3o2)cc1Br. The van der Waals surface area contributed by atoms with Crippen LogP contribution in [-0.2, 0) is 0 Å². The standard InChI is InChI=1S/C15H10BrNO3/c1-8-5-6-9(7-11(8)16)14-17-12-4-2-3-10(15(18)19)13(12)20-14/h2-7H,1H3,(H,18,19). The Bertz CT molecular complexity index is 823. The zero-order valence-electron chi connectivity index (χ0n) is 10.6. The molecule has 0 bridgehead atoms. The van der Waals surface area contributed by atoms with E-state index in [1.54, 1.807) is 12.1 Å². The van der Waals surface area contributed by atoms with Crippen molar-refractivity contribution in [3.63, 3.8) is 0 Å². The maximum atomic E-state index is 11.2. The van der Waals surface area contributed by atoms with Gasteiger partial charge in [-0.3, -0.25) is 0 Å². The molecule has 2 aromatic carbocycles. The maximum absolute atomic E-state index is 11.2. The quantitative estimate of drug-likeness (QED) is 0.761. The molecular formula is C15H10BrNO3. The normalized spacial score (nSPS) is 10.9. The highest BCUT2D eigenvalue weighted by Crippen LogP contribution is 2.29. The first-order chi connectivity index (χ1) is 9.56. The topological polar surface area (TPSA) is 63.3 Å². The van der Waals surface area contributed by atoms with E-state index in [1.165, 1.54) is 6.07 Å². The van der Waals surface area contributed by atoms with Crippen molar-refractivity contribution in [3.05, 3.63) is 52.0 Å². The molecule has 5 heteroatoms. The van der Waals surface area contributed by atoms with Crippen LogP contribution in [0, 0.1) is 6.92 Å². The van der Waals surface area contributed by atoms with E-state index >= 15 is 0 Å². The smallest absolute Gasteiger partial charge is 0.339 e. The van der Waals surface area contributed by atoms with Crippen molar-refractivity contribution in [1.82, 2.24) is 4.98 Å². The van der Waals surface area contributed by atoms with E-state index in [9.17, 15) is 4.79 Å². The van der Waals surface area contributed by atoms with Gasteiger partial charge in [0.25, 0.3) is 0 Å². The number of fused-ring (bicyclic) bond motifs is 1. The number of aromatic nitrogens is 1. The second kappa shape index (κ2) is 4.76. The number of benzene rings is 2. The van der Waals surface area contributed by atoms with E-state index in [1.807, 2.05) is 25.1 Å². The first-order valence-electron chi connectivity index (χ1n) is 5.95. The Labute approximate surface area is 123 Å². The molecule has 1 aromatic heterocycles. The molecule has 20 heavy (non-hydrogen) atoms. The van der Waals surface area contributed by atoms with Crippen molar-refractivity contribution in [2.45, 2.75) is 6.92 Å². The minimum Gasteiger partial charge on any atom is -0.478 e. The molecule has 3 rings (SSSR count). The lowest BCUT2D eigenvalue weighted by molar-refractivity contribution is 0.0698. The fourth-order valence-electron chi connectivity index (χ4n) is 1.97. The predicted molar refractivity (Wildman–Crippen MR) is 78.8 cm³/mol. The highest BCUT2D eigenvalue weighted by molar-refractivity contribution is 9.10. The first kappa shape index (κ1) is 12.9. The van der Waals surface area contributed by atoms with Gasteiger partial charge >= 0.3 is 5.97 Å². The molecular weight excluding hydrogens is 322 g/mol. The zero-order chi connectivity index (χ0) is 14.3. The van der Waals surface area contributed by atoms with Crippen molar-refractivity contribution in [3.8, 4) is 11.5 Å². The molecule has 0 aliphatic heterocycles. The summed E-state index contributed by atoms with van der Waals surface area (Å²) in [6.45, 7) is 1.99. The molecule has 100 valence electrons. The number of hydrogen-bond donors (Lipinski definition) is 1. The first-order valence-corrected chi connectivity index (χ1v) is 6.75. The molecule has 1 N–H and O–H groups in total. The number of oxazole rings is 1. The molecule has 0 aliphatic rings. The van der Waals surface area contributed by atoms with Crippen molar-refractivity contribution in [2.24, 2.45) is 0 Å². The number of rotatable bonds is 2. The van der Waals surface area contributed by atoms with Crippen LogP contribution in [0.15, 0.2) is 45.3 Å². The van der Waals surface area contributed by atoms with E-state index in [0.717, 1.165) is 15.6 Å². The van der Waals surface area contributed by atoms with Crippen LogP contribution >= 0.6 is 15.9 Å². The summed E-state index contributed by atoms with van der Waals surface area (Å²) in [4.78, 5) is 15.5. The summed E-state index contributed by atoms with van der Waals surface area (Å²) in [5, 5.41) is 9.15. The average Bonchev–Trinajstić information content (AvgIpc) is 2.85. The fraction of sp³-hybridized carbons (Fsp3) is 0.0667. The second-order valence-corrected chi connectivity index (χ2v) is 5.30. The van der Waals surface area contributed by atoms with Crippen molar-refractivity contribution in [2.75, 3.05) is 0 Å². The third kappa shape index (κ3) is 2.10. The summed E-state index contributed by atoms with van der Waals surface area (Å²) in [6.07, 6.45) is 0. The molecule has 0 aliphatic carbocycles. The van der Waals surface area contributed by atoms with Crippen LogP contribution in [0.2, 0.25) is 0 Å². The fourth-order valence-corrected chi connectivity index (χ4v) is 2.35. The van der Waals surface area contributed by atoms with Crippen LogP contribution in [-0.4, -0.2) is 16.1 Å². The van der Waals surface area contributed by atoms with Gasteiger partial charge in [0.15, 0.2) is 5.58 Å². The highest BCUT2D eigenvalue weighted by atomic mass is 79.9. The van der Waals surface area contributed by atoms with E-state index in [4.69, 9.17) is 9.52 Å². The van der Waals surface area contributed by atoms with E-state index in [0.29, 0.717) is 17.0 Å². The number of para-hydroxylation sites is 1. The summed E-state index contributed by atoms with van der Waals surface area (Å²) < 4.78 is 6.58. The molecule has 0 fully saturated rings. The summed E-state index contributed by atoms with van der Waals surface area (Å²) in [7, 11) is 0. The molecule has 0 unspecified atom stereocenters. The molecule has 3 aromatic rings. The van der Waals surface area contributed by atoms with Crippen LogP contribution < -0.4 is 0 Å². The van der Waals surface area contributed by atoms with Gasteiger partial charge in [0.2, 0.25) is 5.89 Å². The van der Waals surface area contributed by atoms with Gasteiger partial charge in [-0.2, -0.15) is 0 Å². The predicted octanol–water partition coefficient (Wildman–Crippen LogP) is 4.26. The third-order valence-electron chi connectivity index (χ3n) is 3.06. The summed E-state index contributed by atoms with van der Waals surface area (Å²) in [6, 6.07) is 10.6. The lowest BCUT2D eigenvalue weighted by Crippen LogP contribution is -1.95. The van der Waals surface area contributed by atoms with Gasteiger partial charge in [-0.1, -0.05) is 28.1 Å². The van der Waals surface area contributed by atoms with E-state index < -0.39 is 5.97 Å². The highest BCUT2D eigenvalue weighted by Gasteiger charge is 2.15. The number of halogens is 1. The van der Waals surface area contributed by atoms with Crippen molar-refractivity contribution in [1.29, 1.82) is 0 Å². The van der Waals surface area contributed by atoms with Gasteiger partial charge in [-0.15, -0.1) is 0 Å². The number of carboxylic acids is 1. The Morgan fingerprint density at radius 1 is 1.30 bits per heavy atom. The number of carboxylic acid groups (broad SMARTS) is 1. The van der Waals surface area contributed by atoms with Crippen LogP contribution in [0.3, 0.4) is 0 Å². The molecule has 0 amide bonds. The Balaban J connectivity index is 2.20. The minimum atomic E-state index is -1.02.